The van der Waals surface area contributed by atoms with Gasteiger partial charge in [-0.15, -0.1) is 0 Å². The van der Waals surface area contributed by atoms with Crippen LogP contribution in [0.5, 0.6) is 0 Å². The molecule has 0 aromatic rings. The van der Waals surface area contributed by atoms with Crippen LogP contribution in [0.1, 0.15) is 0 Å². The van der Waals surface area contributed by atoms with Gasteiger partial charge in [0.2, 0.25) is 0 Å². The average Bonchev–Trinajstić information content (AvgIpc) is 1.65. The first-order chi connectivity index (χ1) is 2.81. The molecule has 0 aliphatic carbocycles. The van der Waals surface area contributed by atoms with Crippen molar-refractivity contribution in [3.05, 3.63) is 12.7 Å². The van der Waals surface area contributed by atoms with Gasteiger partial charge < -0.3 is 0 Å². The molecule has 1 nitrogen and oxygen atoms in total. The Labute approximate surface area is 39.2 Å². The summed E-state index contributed by atoms with van der Waals surface area (Å²) in [5.41, 5.74) is 0.134. The van der Waals surface area contributed by atoms with Crippen LogP contribution in [-0.2, 0) is 4.79 Å². The van der Waals surface area contributed by atoms with Gasteiger partial charge in [-0.1, -0.05) is 6.58 Å². The van der Waals surface area contributed by atoms with Crippen molar-refractivity contribution in [1.82, 2.24) is 0 Å². The summed E-state index contributed by atoms with van der Waals surface area (Å²) in [6.45, 7) is 5.13. The molecule has 1 atom stereocenters. The van der Waals surface area contributed by atoms with Crippen molar-refractivity contribution >= 4 is 14.1 Å². The molecule has 0 aromatic heterocycles. The third-order valence-electron chi connectivity index (χ3n) is 0.432. The first kappa shape index (κ1) is 5.84. The smallest absolute Gasteiger partial charge is 0.173 e. The Kier molecular flexibility index (Phi) is 2.97. The lowest BCUT2D eigenvalue weighted by Crippen LogP contribution is -1.73. The van der Waals surface area contributed by atoms with Gasteiger partial charge in [0, 0.05) is 0 Å². The first-order valence-corrected chi connectivity index (χ1v) is 3.15. The summed E-state index contributed by atoms with van der Waals surface area (Å²) in [6, 6.07) is 0. The van der Waals surface area contributed by atoms with Crippen molar-refractivity contribution < 1.29 is 4.79 Å². The van der Waals surface area contributed by atoms with Crippen molar-refractivity contribution in [2.45, 2.75) is 0 Å². The molecule has 0 amide bonds. The molecule has 6 heavy (non-hydrogen) atoms. The van der Waals surface area contributed by atoms with Crippen LogP contribution in [-0.4, -0.2) is 12.2 Å². The Hall–Kier alpha value is -0.160. The van der Waals surface area contributed by atoms with E-state index in [0.29, 0.717) is 8.58 Å². The van der Waals surface area contributed by atoms with E-state index >= 15 is 0 Å². The molecule has 0 bridgehead atoms. The molecule has 34 valence electrons. The average molecular weight is 102 g/mol. The van der Waals surface area contributed by atoms with E-state index in [9.17, 15) is 4.79 Å². The summed E-state index contributed by atoms with van der Waals surface area (Å²) in [4.78, 5) is 10.1. The Balaban J connectivity index is 3.23. The SMILES string of the molecule is C=CC(=O)PC. The summed E-state index contributed by atoms with van der Waals surface area (Å²) in [5, 5.41) is 0. The highest BCUT2D eigenvalue weighted by Gasteiger charge is 1.81. The molecule has 0 aromatic carbocycles. The van der Waals surface area contributed by atoms with Crippen LogP contribution in [0.15, 0.2) is 12.7 Å². The first-order valence-electron chi connectivity index (χ1n) is 1.65. The van der Waals surface area contributed by atoms with Gasteiger partial charge in [-0.25, -0.2) is 0 Å². The lowest BCUT2D eigenvalue weighted by Gasteiger charge is -1.76. The third kappa shape index (κ3) is 2.10. The minimum atomic E-state index is 0.134. The maximum absolute atomic E-state index is 10.1. The lowest BCUT2D eigenvalue weighted by atomic mass is 10.7. The van der Waals surface area contributed by atoms with E-state index in [2.05, 4.69) is 6.58 Å². The highest BCUT2D eigenvalue weighted by atomic mass is 31.1. The normalized spacial score (nSPS) is 9.50. The maximum Gasteiger partial charge on any atom is 0.173 e. The Morgan fingerprint density at radius 2 is 2.50 bits per heavy atom. The fourth-order valence-corrected chi connectivity index (χ4v) is 0.306. The van der Waals surface area contributed by atoms with Gasteiger partial charge >= 0.3 is 0 Å². The largest absolute Gasteiger partial charge is 0.290 e. The van der Waals surface area contributed by atoms with Crippen LogP contribution in [0.25, 0.3) is 0 Å². The van der Waals surface area contributed by atoms with E-state index < -0.39 is 0 Å². The molecular formula is C4H7OP. The van der Waals surface area contributed by atoms with Gasteiger partial charge in [0.25, 0.3) is 0 Å². The standard InChI is InChI=1S/C4H7OP/c1-3-4(5)6-2/h3,6H,1H2,2H3. The van der Waals surface area contributed by atoms with Gasteiger partial charge in [0.05, 0.1) is 0 Å². The van der Waals surface area contributed by atoms with Crippen LogP contribution in [0.4, 0.5) is 0 Å². The molecule has 1 unspecified atom stereocenters. The second-order valence-corrected chi connectivity index (χ2v) is 1.81. The third-order valence-corrected chi connectivity index (χ3v) is 1.13. The molecule has 0 aliphatic rings. The van der Waals surface area contributed by atoms with Gasteiger partial charge in [-0.2, -0.15) is 0 Å². The number of carbonyl (C=O) groups excluding carboxylic acids is 1. The van der Waals surface area contributed by atoms with Crippen molar-refractivity contribution in [2.75, 3.05) is 6.66 Å². The molecule has 0 saturated carbocycles. The number of rotatable bonds is 2. The summed E-state index contributed by atoms with van der Waals surface area (Å²) < 4.78 is 0. The van der Waals surface area contributed by atoms with Crippen LogP contribution < -0.4 is 0 Å². The topological polar surface area (TPSA) is 17.1 Å². The molecular weight excluding hydrogens is 95.0 g/mol. The minimum Gasteiger partial charge on any atom is -0.290 e. The molecule has 0 spiro atoms. The van der Waals surface area contributed by atoms with E-state index in [1.807, 2.05) is 6.66 Å². The highest BCUT2D eigenvalue weighted by Crippen LogP contribution is 2.01. The molecule has 0 rings (SSSR count). The molecule has 0 aliphatic heterocycles. The summed E-state index contributed by atoms with van der Waals surface area (Å²) in [5.74, 6) is 0. The Bertz CT molecular complexity index is 67.9. The zero-order chi connectivity index (χ0) is 4.99. The summed E-state index contributed by atoms with van der Waals surface area (Å²) >= 11 is 0. The molecule has 0 radical (unpaired) electrons. The fraction of sp³-hybridized carbons (Fsp3) is 0.250. The van der Waals surface area contributed by atoms with Crippen LogP contribution >= 0.6 is 8.58 Å². The van der Waals surface area contributed by atoms with E-state index in [1.165, 1.54) is 6.08 Å². The van der Waals surface area contributed by atoms with Crippen LogP contribution in [0, 0.1) is 0 Å². The van der Waals surface area contributed by atoms with Crippen LogP contribution in [0.2, 0.25) is 0 Å². The summed E-state index contributed by atoms with van der Waals surface area (Å²) in [6.07, 6.45) is 1.35. The number of allylic oxidation sites excluding steroid dienone is 1. The van der Waals surface area contributed by atoms with Gasteiger partial charge in [-0.3, -0.25) is 4.79 Å². The second-order valence-electron chi connectivity index (χ2n) is 0.818. The van der Waals surface area contributed by atoms with Gasteiger partial charge in [-0.05, 0) is 21.3 Å². The minimum absolute atomic E-state index is 0.134. The molecule has 0 saturated heterocycles. The maximum atomic E-state index is 10.1. The summed E-state index contributed by atoms with van der Waals surface area (Å²) in [7, 11) is 0.375. The van der Waals surface area contributed by atoms with Crippen molar-refractivity contribution in [3.8, 4) is 0 Å². The molecule has 0 heterocycles. The predicted molar refractivity (Wildman–Crippen MR) is 29.4 cm³/mol. The fourth-order valence-electron chi connectivity index (χ4n) is 0.102. The number of carbonyl (C=O) groups is 1. The number of hydrogen-bond donors (Lipinski definition) is 0. The second kappa shape index (κ2) is 3.05. The number of hydrogen-bond acceptors (Lipinski definition) is 1. The zero-order valence-electron chi connectivity index (χ0n) is 3.69. The van der Waals surface area contributed by atoms with E-state index in [0.717, 1.165) is 0 Å². The molecule has 0 fully saturated rings. The van der Waals surface area contributed by atoms with E-state index in [4.69, 9.17) is 0 Å². The zero-order valence-corrected chi connectivity index (χ0v) is 4.69. The van der Waals surface area contributed by atoms with Crippen molar-refractivity contribution in [3.63, 3.8) is 0 Å². The Morgan fingerprint density at radius 1 is 2.00 bits per heavy atom. The van der Waals surface area contributed by atoms with E-state index in [1.54, 1.807) is 0 Å². The van der Waals surface area contributed by atoms with Crippen molar-refractivity contribution in [2.24, 2.45) is 0 Å². The molecule has 0 N–H and O–H groups in total. The van der Waals surface area contributed by atoms with Crippen LogP contribution in [0.3, 0.4) is 0 Å². The lowest BCUT2D eigenvalue weighted by molar-refractivity contribution is -0.107. The monoisotopic (exact) mass is 102 g/mol. The van der Waals surface area contributed by atoms with Crippen molar-refractivity contribution in [1.29, 1.82) is 0 Å². The highest BCUT2D eigenvalue weighted by molar-refractivity contribution is 7.57. The van der Waals surface area contributed by atoms with Gasteiger partial charge in [0.1, 0.15) is 0 Å². The van der Waals surface area contributed by atoms with E-state index in [-0.39, 0.29) is 5.52 Å². The molecule has 2 heteroatoms. The predicted octanol–water partition coefficient (Wildman–Crippen LogP) is 1.01. The Morgan fingerprint density at radius 3 is 2.50 bits per heavy atom. The van der Waals surface area contributed by atoms with Gasteiger partial charge in [0.15, 0.2) is 5.52 Å². The quantitative estimate of drug-likeness (QED) is 0.375.